The van der Waals surface area contributed by atoms with E-state index >= 15 is 0 Å². The Morgan fingerprint density at radius 1 is 1.21 bits per heavy atom. The van der Waals surface area contributed by atoms with E-state index in [0.717, 1.165) is 32.3 Å². The highest BCUT2D eigenvalue weighted by atomic mass is 16.5. The molecular weight excluding hydrogens is 240 g/mol. The summed E-state index contributed by atoms with van der Waals surface area (Å²) in [4.78, 5) is 2.53. The van der Waals surface area contributed by atoms with Crippen molar-refractivity contribution >= 4 is 0 Å². The molecule has 0 amide bonds. The quantitative estimate of drug-likeness (QED) is 0.795. The molecule has 0 aromatic heterocycles. The lowest BCUT2D eigenvalue weighted by molar-refractivity contribution is -0.190. The molecule has 0 radical (unpaired) electrons. The summed E-state index contributed by atoms with van der Waals surface area (Å²) in [5, 5.41) is 3.63. The summed E-state index contributed by atoms with van der Waals surface area (Å²) in [6.45, 7) is 12.5. The molecule has 2 rings (SSSR count). The van der Waals surface area contributed by atoms with E-state index in [-0.39, 0.29) is 11.2 Å². The highest BCUT2D eigenvalue weighted by Gasteiger charge is 2.40. The maximum Gasteiger partial charge on any atom is 0.0760 e. The monoisotopic (exact) mass is 270 g/mol. The molecule has 1 aliphatic carbocycles. The number of nitrogens with one attached hydrogen (secondary N) is 1. The normalized spacial score (nSPS) is 28.3. The maximum absolute atomic E-state index is 6.15. The number of methoxy groups -OCH3 is 1. The molecule has 1 saturated carbocycles. The minimum absolute atomic E-state index is 0.0900. The predicted molar refractivity (Wildman–Crippen MR) is 77.5 cm³/mol. The zero-order chi connectivity index (χ0) is 14.1. The van der Waals surface area contributed by atoms with Crippen LogP contribution in [0.1, 0.15) is 40.5 Å². The van der Waals surface area contributed by atoms with Crippen molar-refractivity contribution in [2.24, 2.45) is 0 Å². The lowest BCUT2D eigenvalue weighted by Gasteiger charge is -2.49. The molecule has 19 heavy (non-hydrogen) atoms. The van der Waals surface area contributed by atoms with Crippen LogP contribution in [0.3, 0.4) is 0 Å². The first-order valence-electron chi connectivity index (χ1n) is 7.48. The van der Waals surface area contributed by atoms with E-state index < -0.39 is 0 Å². The fourth-order valence-corrected chi connectivity index (χ4v) is 3.18. The van der Waals surface area contributed by atoms with E-state index in [0.29, 0.717) is 6.04 Å². The second-order valence-corrected chi connectivity index (χ2v) is 7.32. The van der Waals surface area contributed by atoms with Gasteiger partial charge in [0.05, 0.1) is 17.8 Å². The van der Waals surface area contributed by atoms with Gasteiger partial charge in [-0.15, -0.1) is 0 Å². The van der Waals surface area contributed by atoms with Crippen LogP contribution < -0.4 is 5.32 Å². The number of morpholine rings is 1. The number of hydrogen-bond acceptors (Lipinski definition) is 4. The van der Waals surface area contributed by atoms with Gasteiger partial charge in [0.15, 0.2) is 0 Å². The van der Waals surface area contributed by atoms with Crippen LogP contribution in [0, 0.1) is 0 Å². The summed E-state index contributed by atoms with van der Waals surface area (Å²) >= 11 is 0. The summed E-state index contributed by atoms with van der Waals surface area (Å²) in [5.74, 6) is 0. The zero-order valence-electron chi connectivity index (χ0n) is 13.2. The molecule has 1 saturated heterocycles. The van der Waals surface area contributed by atoms with Crippen LogP contribution in [0.4, 0.5) is 0 Å². The van der Waals surface area contributed by atoms with Crippen molar-refractivity contribution in [2.45, 2.75) is 63.8 Å². The number of nitrogens with zero attached hydrogens (tertiary/aromatic N) is 1. The fourth-order valence-electron chi connectivity index (χ4n) is 3.18. The largest absolute Gasteiger partial charge is 0.383 e. The molecule has 4 heteroatoms. The average molecular weight is 270 g/mol. The van der Waals surface area contributed by atoms with Crippen LogP contribution in [0.5, 0.6) is 0 Å². The van der Waals surface area contributed by atoms with Crippen LogP contribution in [-0.2, 0) is 9.47 Å². The molecule has 0 aromatic rings. The lowest BCUT2D eigenvalue weighted by Crippen LogP contribution is -2.62. The lowest BCUT2D eigenvalue weighted by atomic mass is 9.97. The molecular formula is C15H30N2O2. The molecule has 0 spiro atoms. The molecule has 1 atom stereocenters. The molecule has 1 aliphatic heterocycles. The van der Waals surface area contributed by atoms with Gasteiger partial charge in [0.25, 0.3) is 0 Å². The summed E-state index contributed by atoms with van der Waals surface area (Å²) in [6.07, 6.45) is 2.67. The van der Waals surface area contributed by atoms with Gasteiger partial charge in [-0.3, -0.25) is 4.90 Å². The van der Waals surface area contributed by atoms with Crippen LogP contribution in [0.25, 0.3) is 0 Å². The van der Waals surface area contributed by atoms with E-state index in [2.05, 4.69) is 37.9 Å². The van der Waals surface area contributed by atoms with Gasteiger partial charge in [0.2, 0.25) is 0 Å². The van der Waals surface area contributed by atoms with Gasteiger partial charge in [0, 0.05) is 38.8 Å². The summed E-state index contributed by atoms with van der Waals surface area (Å²) in [7, 11) is 1.79. The van der Waals surface area contributed by atoms with Gasteiger partial charge in [-0.1, -0.05) is 0 Å². The molecule has 4 nitrogen and oxygen atoms in total. The molecule has 2 fully saturated rings. The Balaban J connectivity index is 1.97. The minimum Gasteiger partial charge on any atom is -0.383 e. The van der Waals surface area contributed by atoms with Crippen molar-refractivity contribution in [1.82, 2.24) is 10.2 Å². The van der Waals surface area contributed by atoms with Gasteiger partial charge < -0.3 is 14.8 Å². The Hall–Kier alpha value is -0.160. The van der Waals surface area contributed by atoms with Gasteiger partial charge in [-0.2, -0.15) is 0 Å². The third-order valence-electron chi connectivity index (χ3n) is 3.82. The average Bonchev–Trinajstić information content (AvgIpc) is 3.03. The smallest absolute Gasteiger partial charge is 0.0760 e. The first kappa shape index (κ1) is 15.2. The van der Waals surface area contributed by atoms with Crippen LogP contribution in [-0.4, -0.2) is 61.5 Å². The Morgan fingerprint density at radius 3 is 2.26 bits per heavy atom. The van der Waals surface area contributed by atoms with E-state index in [1.54, 1.807) is 7.11 Å². The van der Waals surface area contributed by atoms with Crippen molar-refractivity contribution in [3.63, 3.8) is 0 Å². The van der Waals surface area contributed by atoms with Crippen LogP contribution in [0.15, 0.2) is 0 Å². The Morgan fingerprint density at radius 2 is 1.79 bits per heavy atom. The molecule has 1 unspecified atom stereocenters. The van der Waals surface area contributed by atoms with Crippen molar-refractivity contribution in [1.29, 1.82) is 0 Å². The molecule has 1 N–H and O–H groups in total. The minimum atomic E-state index is -0.0900. The maximum atomic E-state index is 6.15. The molecule has 0 bridgehead atoms. The second-order valence-electron chi connectivity index (χ2n) is 7.32. The molecule has 1 heterocycles. The Kier molecular flexibility index (Phi) is 4.56. The van der Waals surface area contributed by atoms with Crippen molar-refractivity contribution in [2.75, 3.05) is 33.4 Å². The molecule has 0 aromatic carbocycles. The number of rotatable bonds is 6. The second kappa shape index (κ2) is 5.68. The SMILES string of the molecule is COCC(CNC1CC1)N1CC(C)(C)OC(C)(C)C1. The topological polar surface area (TPSA) is 33.7 Å². The van der Waals surface area contributed by atoms with E-state index in [1.165, 1.54) is 12.8 Å². The number of hydrogen-bond donors (Lipinski definition) is 1. The van der Waals surface area contributed by atoms with Crippen molar-refractivity contribution < 1.29 is 9.47 Å². The Bertz CT molecular complexity index is 285. The highest BCUT2D eigenvalue weighted by Crippen LogP contribution is 2.29. The van der Waals surface area contributed by atoms with Gasteiger partial charge in [0.1, 0.15) is 0 Å². The Labute approximate surface area is 117 Å². The van der Waals surface area contributed by atoms with Crippen LogP contribution in [0.2, 0.25) is 0 Å². The fraction of sp³-hybridized carbons (Fsp3) is 1.00. The van der Waals surface area contributed by atoms with E-state index in [1.807, 2.05) is 0 Å². The molecule has 112 valence electrons. The standard InChI is InChI=1S/C15H30N2O2/c1-14(2)10-17(11-15(3,4)19-14)13(9-18-5)8-16-12-6-7-12/h12-13,16H,6-11H2,1-5H3. The van der Waals surface area contributed by atoms with Crippen molar-refractivity contribution in [3.05, 3.63) is 0 Å². The van der Waals surface area contributed by atoms with Gasteiger partial charge in [-0.05, 0) is 40.5 Å². The van der Waals surface area contributed by atoms with E-state index in [9.17, 15) is 0 Å². The zero-order valence-corrected chi connectivity index (χ0v) is 13.2. The van der Waals surface area contributed by atoms with Gasteiger partial charge in [-0.25, -0.2) is 0 Å². The summed E-state index contributed by atoms with van der Waals surface area (Å²) in [5.41, 5.74) is -0.180. The van der Waals surface area contributed by atoms with E-state index in [4.69, 9.17) is 9.47 Å². The first-order valence-corrected chi connectivity index (χ1v) is 7.48. The third kappa shape index (κ3) is 4.71. The highest BCUT2D eigenvalue weighted by molar-refractivity contribution is 4.93. The van der Waals surface area contributed by atoms with Crippen LogP contribution >= 0.6 is 0 Å². The summed E-state index contributed by atoms with van der Waals surface area (Å²) < 4.78 is 11.6. The molecule has 2 aliphatic rings. The third-order valence-corrected chi connectivity index (χ3v) is 3.82. The summed E-state index contributed by atoms with van der Waals surface area (Å²) in [6, 6.07) is 1.19. The first-order chi connectivity index (χ1) is 8.81. The predicted octanol–water partition coefficient (Wildman–Crippen LogP) is 1.64. The van der Waals surface area contributed by atoms with Gasteiger partial charge >= 0.3 is 0 Å². The van der Waals surface area contributed by atoms with Crippen molar-refractivity contribution in [3.8, 4) is 0 Å². The number of ether oxygens (including phenoxy) is 2.